The fourth-order valence-electron chi connectivity index (χ4n) is 9.35. The molecule has 0 radical (unpaired) electrons. The summed E-state index contributed by atoms with van der Waals surface area (Å²) >= 11 is 0. The van der Waals surface area contributed by atoms with Gasteiger partial charge in [-0.25, -0.2) is 0 Å². The zero-order chi connectivity index (χ0) is 50.7. The zero-order valence-corrected chi connectivity index (χ0v) is 46.7. The van der Waals surface area contributed by atoms with E-state index in [1.807, 2.05) is 0 Å². The molecule has 6 heteroatoms. The van der Waals surface area contributed by atoms with Crippen LogP contribution in [0.2, 0.25) is 0 Å². The molecule has 0 fully saturated rings. The third-order valence-corrected chi connectivity index (χ3v) is 14.1. The van der Waals surface area contributed by atoms with Crippen molar-refractivity contribution < 1.29 is 24.5 Å². The van der Waals surface area contributed by atoms with E-state index in [-0.39, 0.29) is 18.5 Å². The Hall–Kier alpha value is -2.18. The van der Waals surface area contributed by atoms with E-state index in [1.54, 1.807) is 0 Å². The summed E-state index contributed by atoms with van der Waals surface area (Å²) in [7, 11) is 0. The van der Waals surface area contributed by atoms with Crippen molar-refractivity contribution in [3.63, 3.8) is 0 Å². The predicted molar refractivity (Wildman–Crippen MR) is 306 cm³/mol. The van der Waals surface area contributed by atoms with Crippen molar-refractivity contribution >= 4 is 11.9 Å². The van der Waals surface area contributed by atoms with Gasteiger partial charge in [-0.05, 0) is 96.3 Å². The van der Waals surface area contributed by atoms with Gasteiger partial charge >= 0.3 is 5.97 Å². The summed E-state index contributed by atoms with van der Waals surface area (Å²) in [5.41, 5.74) is 0. The number of ether oxygens (including phenoxy) is 1. The highest BCUT2D eigenvalue weighted by atomic mass is 16.5. The minimum absolute atomic E-state index is 0.0294. The number of allylic oxidation sites excluding steroid dienone is 8. The molecule has 0 aromatic carbocycles. The van der Waals surface area contributed by atoms with Crippen LogP contribution in [-0.4, -0.2) is 47.4 Å². The van der Waals surface area contributed by atoms with Gasteiger partial charge in [-0.3, -0.25) is 9.59 Å². The number of esters is 1. The van der Waals surface area contributed by atoms with Crippen LogP contribution in [-0.2, 0) is 14.3 Å². The fourth-order valence-corrected chi connectivity index (χ4v) is 9.35. The summed E-state index contributed by atoms with van der Waals surface area (Å²) in [5.74, 6) is -0.0790. The van der Waals surface area contributed by atoms with Gasteiger partial charge in [0.2, 0.25) is 5.91 Å². The lowest BCUT2D eigenvalue weighted by molar-refractivity contribution is -0.143. The van der Waals surface area contributed by atoms with Gasteiger partial charge in [0.1, 0.15) is 0 Å². The summed E-state index contributed by atoms with van der Waals surface area (Å²) in [5, 5.41) is 23.4. The lowest BCUT2D eigenvalue weighted by Crippen LogP contribution is -2.45. The molecule has 410 valence electrons. The summed E-state index contributed by atoms with van der Waals surface area (Å²) in [6.07, 6.45) is 75.4. The fraction of sp³-hybridized carbons (Fsp3) is 0.844. The quantitative estimate of drug-likeness (QED) is 0.0321. The lowest BCUT2D eigenvalue weighted by Gasteiger charge is -2.22. The van der Waals surface area contributed by atoms with Crippen LogP contribution in [0.15, 0.2) is 48.6 Å². The monoisotopic (exact) mass is 982 g/mol. The van der Waals surface area contributed by atoms with E-state index in [0.29, 0.717) is 25.9 Å². The Kier molecular flexibility index (Phi) is 57.5. The van der Waals surface area contributed by atoms with Gasteiger partial charge in [0, 0.05) is 12.8 Å². The SMILES string of the molecule is CCCCC/C=C\C/C=C\CCCCCCCC(=O)OCCCCC/C=C\C/C=C\CCCCCCCCCC(=O)NC(CO)C(O)CCCCCCCCCCCCCCCCCCCCCCC. The number of unbranched alkanes of at least 4 members (excludes halogenated alkanes) is 38. The summed E-state index contributed by atoms with van der Waals surface area (Å²) in [6, 6.07) is -0.556. The maximum Gasteiger partial charge on any atom is 0.305 e. The highest BCUT2D eigenvalue weighted by Gasteiger charge is 2.20. The van der Waals surface area contributed by atoms with Crippen LogP contribution in [0.4, 0.5) is 0 Å². The van der Waals surface area contributed by atoms with Crippen LogP contribution >= 0.6 is 0 Å². The third kappa shape index (κ3) is 55.1. The molecule has 6 nitrogen and oxygen atoms in total. The van der Waals surface area contributed by atoms with Gasteiger partial charge in [-0.15, -0.1) is 0 Å². The number of carbonyl (C=O) groups excluding carboxylic acids is 2. The molecule has 1 amide bonds. The van der Waals surface area contributed by atoms with E-state index in [1.165, 1.54) is 193 Å². The van der Waals surface area contributed by atoms with Gasteiger partial charge in [0.15, 0.2) is 0 Å². The number of amides is 1. The molecule has 0 bridgehead atoms. The topological polar surface area (TPSA) is 95.9 Å². The average Bonchev–Trinajstić information content (AvgIpc) is 3.36. The van der Waals surface area contributed by atoms with Crippen LogP contribution in [0.25, 0.3) is 0 Å². The molecule has 0 saturated heterocycles. The van der Waals surface area contributed by atoms with E-state index in [9.17, 15) is 19.8 Å². The van der Waals surface area contributed by atoms with Crippen molar-refractivity contribution in [2.45, 2.75) is 334 Å². The Morgan fingerprint density at radius 2 is 0.714 bits per heavy atom. The summed E-state index contributed by atoms with van der Waals surface area (Å²) in [6.45, 7) is 4.89. The largest absolute Gasteiger partial charge is 0.466 e. The van der Waals surface area contributed by atoms with Crippen molar-refractivity contribution in [1.82, 2.24) is 5.32 Å². The number of carbonyl (C=O) groups is 2. The number of hydrogen-bond acceptors (Lipinski definition) is 5. The Balaban J connectivity index is 3.50. The second-order valence-electron chi connectivity index (χ2n) is 21.0. The third-order valence-electron chi connectivity index (χ3n) is 14.1. The Bertz CT molecular complexity index is 1180. The molecule has 2 atom stereocenters. The van der Waals surface area contributed by atoms with E-state index < -0.39 is 12.1 Å². The number of aliphatic hydroxyl groups is 2. The van der Waals surface area contributed by atoms with Gasteiger partial charge in [-0.2, -0.15) is 0 Å². The second-order valence-corrected chi connectivity index (χ2v) is 21.0. The van der Waals surface area contributed by atoms with Crippen molar-refractivity contribution in [3.05, 3.63) is 48.6 Å². The molecule has 0 aromatic rings. The minimum Gasteiger partial charge on any atom is -0.466 e. The van der Waals surface area contributed by atoms with Crippen LogP contribution in [0.3, 0.4) is 0 Å². The first-order valence-corrected chi connectivity index (χ1v) is 30.9. The lowest BCUT2D eigenvalue weighted by atomic mass is 10.0. The molecule has 3 N–H and O–H groups in total. The number of nitrogens with one attached hydrogen (secondary N) is 1. The molecule has 0 aliphatic heterocycles. The maximum absolute atomic E-state index is 12.5. The second kappa shape index (κ2) is 59.4. The Labute approximate surface area is 436 Å². The predicted octanol–water partition coefficient (Wildman–Crippen LogP) is 19.4. The number of aliphatic hydroxyl groups excluding tert-OH is 2. The molecule has 0 saturated carbocycles. The van der Waals surface area contributed by atoms with E-state index >= 15 is 0 Å². The molecule has 0 aliphatic rings. The van der Waals surface area contributed by atoms with E-state index in [0.717, 1.165) is 96.3 Å². The minimum atomic E-state index is -0.677. The van der Waals surface area contributed by atoms with Gasteiger partial charge in [0.05, 0.1) is 25.4 Å². The van der Waals surface area contributed by atoms with Crippen molar-refractivity contribution in [2.24, 2.45) is 0 Å². The summed E-state index contributed by atoms with van der Waals surface area (Å²) in [4.78, 5) is 24.6. The van der Waals surface area contributed by atoms with Crippen LogP contribution in [0, 0.1) is 0 Å². The normalized spacial score (nSPS) is 12.9. The standard InChI is InChI=1S/C64H119NO5/c1-3-5-7-9-11-13-15-17-19-20-21-22-23-25-29-32-36-40-44-48-52-56-62(67)61(60-66)65-63(68)57-53-49-45-41-37-33-30-26-24-27-31-35-39-43-47-51-55-59-70-64(69)58-54-50-46-42-38-34-28-18-16-14-12-10-8-6-4-2/h12,14,18,24,27-28,35,39,61-62,66-67H,3-11,13,15-17,19-23,25-26,29-34,36-38,40-60H2,1-2H3,(H,65,68)/b14-12-,27-24-,28-18-,39-35-. The smallest absolute Gasteiger partial charge is 0.305 e. The molecule has 0 aliphatic carbocycles. The molecule has 0 rings (SSSR count). The van der Waals surface area contributed by atoms with Crippen molar-refractivity contribution in [2.75, 3.05) is 13.2 Å². The van der Waals surface area contributed by atoms with E-state index in [4.69, 9.17) is 4.74 Å². The van der Waals surface area contributed by atoms with Gasteiger partial charge in [0.25, 0.3) is 0 Å². The summed E-state index contributed by atoms with van der Waals surface area (Å²) < 4.78 is 5.45. The first-order chi connectivity index (χ1) is 34.5. The molecule has 0 aromatic heterocycles. The Morgan fingerprint density at radius 3 is 1.11 bits per heavy atom. The van der Waals surface area contributed by atoms with Crippen molar-refractivity contribution in [3.8, 4) is 0 Å². The number of rotatable bonds is 57. The molecule has 0 heterocycles. The van der Waals surface area contributed by atoms with E-state index in [2.05, 4.69) is 67.8 Å². The van der Waals surface area contributed by atoms with Crippen LogP contribution in [0.5, 0.6) is 0 Å². The molecular weight excluding hydrogens is 863 g/mol. The highest BCUT2D eigenvalue weighted by Crippen LogP contribution is 2.17. The zero-order valence-electron chi connectivity index (χ0n) is 46.7. The highest BCUT2D eigenvalue weighted by molar-refractivity contribution is 5.76. The maximum atomic E-state index is 12.5. The molecule has 70 heavy (non-hydrogen) atoms. The van der Waals surface area contributed by atoms with Crippen molar-refractivity contribution in [1.29, 1.82) is 0 Å². The van der Waals surface area contributed by atoms with Gasteiger partial charge in [-0.1, -0.05) is 262 Å². The van der Waals surface area contributed by atoms with Crippen LogP contribution < -0.4 is 5.32 Å². The number of hydrogen-bond donors (Lipinski definition) is 3. The molecular formula is C64H119NO5. The molecule has 0 spiro atoms. The average molecular weight is 983 g/mol. The first kappa shape index (κ1) is 67.8. The van der Waals surface area contributed by atoms with Crippen LogP contribution in [0.1, 0.15) is 322 Å². The molecule has 2 unspecified atom stereocenters. The first-order valence-electron chi connectivity index (χ1n) is 30.9. The Morgan fingerprint density at radius 1 is 0.400 bits per heavy atom. The van der Waals surface area contributed by atoms with Gasteiger partial charge < -0.3 is 20.3 Å².